The summed E-state index contributed by atoms with van der Waals surface area (Å²) in [5, 5.41) is 13.3. The van der Waals surface area contributed by atoms with Crippen molar-refractivity contribution in [3.05, 3.63) is 29.6 Å². The van der Waals surface area contributed by atoms with Crippen molar-refractivity contribution < 1.29 is 27.8 Å². The minimum atomic E-state index is -4.42. The number of aliphatic hydroxyl groups is 1. The number of nitrogens with zero attached hydrogens (tertiary/aromatic N) is 1. The average molecular weight is 348 g/mol. The Balaban J connectivity index is 0.000000351. The van der Waals surface area contributed by atoms with E-state index in [-0.39, 0.29) is 11.2 Å². The molecule has 136 valence electrons. The number of carbonyl (C=O) groups is 1. The summed E-state index contributed by atoms with van der Waals surface area (Å²) >= 11 is 0. The lowest BCUT2D eigenvalue weighted by Crippen LogP contribution is -2.39. The van der Waals surface area contributed by atoms with Gasteiger partial charge in [-0.1, -0.05) is 0 Å². The smallest absolute Gasteiger partial charge is 0.417 e. The monoisotopic (exact) mass is 348 g/mol. The Bertz CT molecular complexity index is 536. The van der Waals surface area contributed by atoms with Gasteiger partial charge < -0.3 is 15.2 Å². The third kappa shape index (κ3) is 6.45. The van der Waals surface area contributed by atoms with Crippen molar-refractivity contribution in [1.82, 2.24) is 10.3 Å². The van der Waals surface area contributed by atoms with Gasteiger partial charge in [-0.3, -0.25) is 9.78 Å². The number of hydrogen-bond donors (Lipinski definition) is 2. The average Bonchev–Trinajstić information content (AvgIpc) is 2.47. The summed E-state index contributed by atoms with van der Waals surface area (Å²) in [6.45, 7) is 7.10. The summed E-state index contributed by atoms with van der Waals surface area (Å²) in [6, 6.07) is 0.984. The first-order chi connectivity index (χ1) is 11.0. The molecule has 0 amide bonds. The fraction of sp³-hybridized carbons (Fsp3) is 0.625. The molecule has 2 N–H and O–H groups in total. The second-order valence-electron chi connectivity index (χ2n) is 6.57. The molecule has 24 heavy (non-hydrogen) atoms. The largest absolute Gasteiger partial charge is 0.462 e. The number of hydrogen-bond acceptors (Lipinski definition) is 5. The summed E-state index contributed by atoms with van der Waals surface area (Å²) in [4.78, 5) is 13.2. The minimum absolute atomic E-state index is 0.244. The van der Waals surface area contributed by atoms with E-state index in [1.54, 1.807) is 0 Å². The van der Waals surface area contributed by atoms with Crippen LogP contribution in [0.5, 0.6) is 0 Å². The van der Waals surface area contributed by atoms with Crippen LogP contribution in [-0.4, -0.2) is 35.3 Å². The molecule has 1 fully saturated rings. The zero-order valence-corrected chi connectivity index (χ0v) is 14.0. The van der Waals surface area contributed by atoms with Crippen LogP contribution in [0.25, 0.3) is 0 Å². The Morgan fingerprint density at radius 3 is 2.25 bits per heavy atom. The molecule has 0 spiro atoms. The molecular formula is C16H23F3N2O3. The predicted octanol–water partition coefficient (Wildman–Crippen LogP) is 2.63. The Morgan fingerprint density at radius 2 is 1.83 bits per heavy atom. The maximum Gasteiger partial charge on any atom is 0.417 e. The van der Waals surface area contributed by atoms with Crippen LogP contribution >= 0.6 is 0 Å². The van der Waals surface area contributed by atoms with Gasteiger partial charge in [0.2, 0.25) is 0 Å². The van der Waals surface area contributed by atoms with E-state index < -0.39 is 17.3 Å². The lowest BCUT2D eigenvalue weighted by atomic mass is 9.85. The molecule has 2 rings (SSSR count). The fourth-order valence-corrected chi connectivity index (χ4v) is 2.12. The number of halogens is 3. The zero-order chi connectivity index (χ0) is 18.4. The normalized spacial score (nSPS) is 17.5. The third-order valence-electron chi connectivity index (χ3n) is 3.44. The summed E-state index contributed by atoms with van der Waals surface area (Å²) in [5.41, 5.74) is -2.09. The van der Waals surface area contributed by atoms with E-state index in [0.29, 0.717) is 32.4 Å². The van der Waals surface area contributed by atoms with E-state index in [2.05, 4.69) is 15.0 Å². The number of rotatable bonds is 2. The number of piperidine rings is 1. The van der Waals surface area contributed by atoms with Crippen LogP contribution in [0.2, 0.25) is 0 Å². The van der Waals surface area contributed by atoms with Crippen LogP contribution in [0, 0.1) is 0 Å². The number of ether oxygens (including phenoxy) is 1. The van der Waals surface area contributed by atoms with Gasteiger partial charge in [0.05, 0.1) is 11.2 Å². The lowest BCUT2D eigenvalue weighted by Gasteiger charge is -2.33. The van der Waals surface area contributed by atoms with Crippen LogP contribution < -0.4 is 5.32 Å². The van der Waals surface area contributed by atoms with Crippen molar-refractivity contribution >= 4 is 6.47 Å². The van der Waals surface area contributed by atoms with Gasteiger partial charge in [-0.05, 0) is 52.8 Å². The molecule has 1 aliphatic heterocycles. The summed E-state index contributed by atoms with van der Waals surface area (Å²) in [7, 11) is 0. The highest BCUT2D eigenvalue weighted by Gasteiger charge is 2.35. The van der Waals surface area contributed by atoms with Gasteiger partial charge in [0.15, 0.2) is 0 Å². The van der Waals surface area contributed by atoms with Crippen molar-refractivity contribution in [2.45, 2.75) is 51.0 Å². The Hall–Kier alpha value is -1.67. The maximum atomic E-state index is 12.5. The zero-order valence-electron chi connectivity index (χ0n) is 14.0. The summed E-state index contributed by atoms with van der Waals surface area (Å²) in [6.07, 6.45) is -1.55. The molecule has 1 saturated heterocycles. The molecule has 0 aliphatic carbocycles. The molecule has 0 saturated carbocycles. The summed E-state index contributed by atoms with van der Waals surface area (Å²) in [5.74, 6) is 0. The standard InChI is InChI=1S/C11H13F3N2O.C5H10O2/c12-11(13,14)9-5-8(6-16-7-9)10(17)1-3-15-4-2-10;1-5(2,3)7-4-6/h5-7,15,17H,1-4H2;4H,1-3H3. The van der Waals surface area contributed by atoms with E-state index in [1.807, 2.05) is 20.8 Å². The lowest BCUT2D eigenvalue weighted by molar-refractivity contribution is -0.139. The number of pyridine rings is 1. The third-order valence-corrected chi connectivity index (χ3v) is 3.44. The Kier molecular flexibility index (Phi) is 6.74. The van der Waals surface area contributed by atoms with Crippen molar-refractivity contribution in [3.63, 3.8) is 0 Å². The quantitative estimate of drug-likeness (QED) is 0.804. The molecule has 0 radical (unpaired) electrons. The molecule has 5 nitrogen and oxygen atoms in total. The van der Waals surface area contributed by atoms with Crippen molar-refractivity contribution in [2.24, 2.45) is 0 Å². The van der Waals surface area contributed by atoms with Crippen LogP contribution in [0.4, 0.5) is 13.2 Å². The topological polar surface area (TPSA) is 71.5 Å². The molecular weight excluding hydrogens is 325 g/mol. The van der Waals surface area contributed by atoms with Gasteiger partial charge >= 0.3 is 6.18 Å². The van der Waals surface area contributed by atoms with Gasteiger partial charge in [-0.15, -0.1) is 0 Å². The molecule has 0 atom stereocenters. The Labute approximate surface area is 139 Å². The molecule has 0 unspecified atom stereocenters. The first kappa shape index (κ1) is 20.4. The number of carbonyl (C=O) groups excluding carboxylic acids is 1. The van der Waals surface area contributed by atoms with E-state index in [1.165, 1.54) is 6.20 Å². The number of alkyl halides is 3. The SMILES string of the molecule is CC(C)(C)OC=O.OC1(c2cncc(C(F)(F)F)c2)CCNCC1. The molecule has 1 aromatic rings. The van der Waals surface area contributed by atoms with E-state index >= 15 is 0 Å². The highest BCUT2D eigenvalue weighted by Crippen LogP contribution is 2.34. The molecule has 0 aromatic carbocycles. The van der Waals surface area contributed by atoms with Gasteiger partial charge in [0.25, 0.3) is 6.47 Å². The molecule has 1 aromatic heterocycles. The van der Waals surface area contributed by atoms with E-state index in [4.69, 9.17) is 0 Å². The van der Waals surface area contributed by atoms with Crippen molar-refractivity contribution in [1.29, 1.82) is 0 Å². The molecule has 1 aliphatic rings. The van der Waals surface area contributed by atoms with Gasteiger partial charge in [-0.2, -0.15) is 13.2 Å². The van der Waals surface area contributed by atoms with Crippen LogP contribution in [0.15, 0.2) is 18.5 Å². The fourth-order valence-electron chi connectivity index (χ4n) is 2.12. The highest BCUT2D eigenvalue weighted by atomic mass is 19.4. The first-order valence-electron chi connectivity index (χ1n) is 7.55. The summed E-state index contributed by atoms with van der Waals surface area (Å²) < 4.78 is 42.1. The second kappa shape index (κ2) is 7.94. The second-order valence-corrected chi connectivity index (χ2v) is 6.57. The van der Waals surface area contributed by atoms with E-state index in [0.717, 1.165) is 12.3 Å². The van der Waals surface area contributed by atoms with Crippen molar-refractivity contribution in [2.75, 3.05) is 13.1 Å². The molecule has 8 heteroatoms. The highest BCUT2D eigenvalue weighted by molar-refractivity contribution is 5.37. The van der Waals surface area contributed by atoms with Crippen molar-refractivity contribution in [3.8, 4) is 0 Å². The predicted molar refractivity (Wildman–Crippen MR) is 82.1 cm³/mol. The van der Waals surface area contributed by atoms with Gasteiger partial charge in [-0.25, -0.2) is 0 Å². The molecule has 0 bridgehead atoms. The van der Waals surface area contributed by atoms with Crippen LogP contribution in [0.1, 0.15) is 44.7 Å². The van der Waals surface area contributed by atoms with Gasteiger partial charge in [0, 0.05) is 18.0 Å². The minimum Gasteiger partial charge on any atom is -0.462 e. The first-order valence-corrected chi connectivity index (χ1v) is 7.55. The number of nitrogens with one attached hydrogen (secondary N) is 1. The van der Waals surface area contributed by atoms with Crippen LogP contribution in [0.3, 0.4) is 0 Å². The number of aromatic nitrogens is 1. The van der Waals surface area contributed by atoms with Crippen LogP contribution in [-0.2, 0) is 21.3 Å². The molecule has 2 heterocycles. The van der Waals surface area contributed by atoms with Gasteiger partial charge in [0.1, 0.15) is 5.60 Å². The maximum absolute atomic E-state index is 12.5. The Morgan fingerprint density at radius 1 is 1.25 bits per heavy atom. The van der Waals surface area contributed by atoms with E-state index in [9.17, 15) is 23.1 Å².